The average Bonchev–Trinajstić information content (AvgIpc) is 2.27. The summed E-state index contributed by atoms with van der Waals surface area (Å²) in [5.41, 5.74) is 0.582. The van der Waals surface area contributed by atoms with E-state index in [4.69, 9.17) is 0 Å². The van der Waals surface area contributed by atoms with Crippen LogP contribution in [0.4, 0.5) is 5.69 Å². The number of nitrogens with zero attached hydrogens (tertiary/aromatic N) is 2. The van der Waals surface area contributed by atoms with Gasteiger partial charge in [-0.2, -0.15) is 0 Å². The second kappa shape index (κ2) is 3.57. The SMILES string of the molecule is CN(c1ccc2ccccc2c1)[N+](=O)[O-]. The van der Waals surface area contributed by atoms with E-state index in [2.05, 4.69) is 0 Å². The van der Waals surface area contributed by atoms with Crippen LogP contribution in [0.25, 0.3) is 10.8 Å². The molecule has 0 aliphatic heterocycles. The molecular weight excluding hydrogens is 192 g/mol. The van der Waals surface area contributed by atoms with Crippen LogP contribution < -0.4 is 5.01 Å². The Labute approximate surface area is 86.9 Å². The average molecular weight is 202 g/mol. The molecule has 0 N–H and O–H groups in total. The first-order chi connectivity index (χ1) is 7.18. The summed E-state index contributed by atoms with van der Waals surface area (Å²) >= 11 is 0. The lowest BCUT2D eigenvalue weighted by molar-refractivity contribution is -0.490. The number of anilines is 1. The van der Waals surface area contributed by atoms with Gasteiger partial charge in [0, 0.05) is 0 Å². The molecule has 0 saturated carbocycles. The molecule has 0 spiro atoms. The van der Waals surface area contributed by atoms with Gasteiger partial charge >= 0.3 is 0 Å². The van der Waals surface area contributed by atoms with E-state index < -0.39 is 5.03 Å². The Hall–Kier alpha value is -2.10. The zero-order valence-electron chi connectivity index (χ0n) is 8.25. The highest BCUT2D eigenvalue weighted by molar-refractivity contribution is 5.85. The van der Waals surface area contributed by atoms with Gasteiger partial charge in [-0.3, -0.25) is 0 Å². The molecule has 2 aromatic rings. The molecule has 4 heteroatoms. The van der Waals surface area contributed by atoms with Gasteiger partial charge < -0.3 is 0 Å². The molecule has 0 atom stereocenters. The molecule has 2 rings (SSSR count). The topological polar surface area (TPSA) is 46.4 Å². The van der Waals surface area contributed by atoms with E-state index in [1.807, 2.05) is 30.3 Å². The summed E-state index contributed by atoms with van der Waals surface area (Å²) < 4.78 is 0. The summed E-state index contributed by atoms with van der Waals surface area (Å²) in [6.45, 7) is 0. The second-order valence-electron chi connectivity index (χ2n) is 3.29. The molecular formula is C11H10N2O2. The first kappa shape index (κ1) is 9.45. The third kappa shape index (κ3) is 1.74. The maximum atomic E-state index is 10.6. The van der Waals surface area contributed by atoms with Crippen molar-refractivity contribution in [2.24, 2.45) is 0 Å². The minimum Gasteiger partial charge on any atom is -0.234 e. The molecule has 76 valence electrons. The molecule has 0 radical (unpaired) electrons. The molecule has 0 fully saturated rings. The maximum Gasteiger partial charge on any atom is 0.164 e. The van der Waals surface area contributed by atoms with Crippen molar-refractivity contribution < 1.29 is 5.03 Å². The lowest BCUT2D eigenvalue weighted by atomic mass is 10.1. The number of rotatable bonds is 2. The highest BCUT2D eigenvalue weighted by Crippen LogP contribution is 2.20. The van der Waals surface area contributed by atoms with E-state index in [0.29, 0.717) is 5.69 Å². The molecule has 0 saturated heterocycles. The number of hydrazine groups is 1. The van der Waals surface area contributed by atoms with Crippen LogP contribution in [0.1, 0.15) is 0 Å². The summed E-state index contributed by atoms with van der Waals surface area (Å²) in [6.07, 6.45) is 0. The number of fused-ring (bicyclic) bond motifs is 1. The normalized spacial score (nSPS) is 10.2. The Morgan fingerprint density at radius 3 is 2.47 bits per heavy atom. The number of benzene rings is 2. The van der Waals surface area contributed by atoms with Crippen molar-refractivity contribution >= 4 is 16.5 Å². The van der Waals surface area contributed by atoms with Gasteiger partial charge in [0.2, 0.25) is 0 Å². The zero-order valence-corrected chi connectivity index (χ0v) is 8.25. The number of hydrogen-bond acceptors (Lipinski definition) is 2. The zero-order chi connectivity index (χ0) is 10.8. The summed E-state index contributed by atoms with van der Waals surface area (Å²) in [7, 11) is 1.43. The third-order valence-corrected chi connectivity index (χ3v) is 2.35. The highest BCUT2D eigenvalue weighted by atomic mass is 16.7. The smallest absolute Gasteiger partial charge is 0.164 e. The van der Waals surface area contributed by atoms with E-state index in [0.717, 1.165) is 15.8 Å². The van der Waals surface area contributed by atoms with E-state index in [1.54, 1.807) is 12.1 Å². The van der Waals surface area contributed by atoms with E-state index in [-0.39, 0.29) is 0 Å². The van der Waals surface area contributed by atoms with Crippen molar-refractivity contribution in [3.8, 4) is 0 Å². The fraction of sp³-hybridized carbons (Fsp3) is 0.0909. The minimum absolute atomic E-state index is 0.440. The van der Waals surface area contributed by atoms with Crippen LogP contribution in [-0.4, -0.2) is 12.1 Å². The van der Waals surface area contributed by atoms with Crippen molar-refractivity contribution in [3.05, 3.63) is 52.6 Å². The minimum atomic E-state index is -0.440. The Morgan fingerprint density at radius 1 is 1.13 bits per heavy atom. The fourth-order valence-corrected chi connectivity index (χ4v) is 1.47. The first-order valence-corrected chi connectivity index (χ1v) is 4.55. The third-order valence-electron chi connectivity index (χ3n) is 2.35. The number of hydrogen-bond donors (Lipinski definition) is 0. The van der Waals surface area contributed by atoms with Crippen LogP contribution in [0.3, 0.4) is 0 Å². The highest BCUT2D eigenvalue weighted by Gasteiger charge is 2.10. The van der Waals surface area contributed by atoms with Gasteiger partial charge in [0.05, 0.1) is 7.05 Å². The van der Waals surface area contributed by atoms with Crippen LogP contribution >= 0.6 is 0 Å². The summed E-state index contributed by atoms with van der Waals surface area (Å²) in [4.78, 5) is 10.6. The first-order valence-electron chi connectivity index (χ1n) is 4.55. The van der Waals surface area contributed by atoms with E-state index in [1.165, 1.54) is 7.05 Å². The predicted octanol–water partition coefficient (Wildman–Crippen LogP) is 2.47. The Morgan fingerprint density at radius 2 is 1.80 bits per heavy atom. The number of nitro groups is 1. The van der Waals surface area contributed by atoms with E-state index in [9.17, 15) is 10.1 Å². The molecule has 0 unspecified atom stereocenters. The summed E-state index contributed by atoms with van der Waals surface area (Å²) in [6, 6.07) is 13.2. The summed E-state index contributed by atoms with van der Waals surface area (Å²) in [5, 5.41) is 13.2. The van der Waals surface area contributed by atoms with Gasteiger partial charge in [-0.15, -0.1) is 0 Å². The maximum absolute atomic E-state index is 10.6. The molecule has 0 aromatic heterocycles. The Kier molecular flexibility index (Phi) is 2.25. The van der Waals surface area contributed by atoms with Crippen molar-refractivity contribution in [2.75, 3.05) is 12.1 Å². The van der Waals surface area contributed by atoms with Crippen LogP contribution in [-0.2, 0) is 0 Å². The van der Waals surface area contributed by atoms with Crippen LogP contribution in [0.2, 0.25) is 0 Å². The second-order valence-corrected chi connectivity index (χ2v) is 3.29. The monoisotopic (exact) mass is 202 g/mol. The lowest BCUT2D eigenvalue weighted by Gasteiger charge is -2.08. The molecule has 0 amide bonds. The van der Waals surface area contributed by atoms with Crippen molar-refractivity contribution in [1.82, 2.24) is 0 Å². The van der Waals surface area contributed by atoms with Gasteiger partial charge in [-0.1, -0.05) is 35.3 Å². The van der Waals surface area contributed by atoms with Crippen molar-refractivity contribution in [3.63, 3.8) is 0 Å². The van der Waals surface area contributed by atoms with Gasteiger partial charge in [0.1, 0.15) is 5.69 Å². The van der Waals surface area contributed by atoms with Crippen molar-refractivity contribution in [1.29, 1.82) is 0 Å². The standard InChI is InChI=1S/C11H10N2O2/c1-12(13(14)15)11-7-6-9-4-2-3-5-10(9)8-11/h2-8H,1H3. The van der Waals surface area contributed by atoms with Gasteiger partial charge in [0.15, 0.2) is 5.03 Å². The van der Waals surface area contributed by atoms with Crippen LogP contribution in [0.15, 0.2) is 42.5 Å². The van der Waals surface area contributed by atoms with Gasteiger partial charge in [-0.05, 0) is 22.9 Å². The van der Waals surface area contributed by atoms with Crippen molar-refractivity contribution in [2.45, 2.75) is 0 Å². The molecule has 0 heterocycles. The van der Waals surface area contributed by atoms with Crippen LogP contribution in [0, 0.1) is 10.1 Å². The molecule has 2 aromatic carbocycles. The largest absolute Gasteiger partial charge is 0.234 e. The van der Waals surface area contributed by atoms with E-state index >= 15 is 0 Å². The quantitative estimate of drug-likeness (QED) is 0.555. The molecule has 4 nitrogen and oxygen atoms in total. The summed E-state index contributed by atoms with van der Waals surface area (Å²) in [5.74, 6) is 0. The van der Waals surface area contributed by atoms with Crippen LogP contribution in [0.5, 0.6) is 0 Å². The molecule has 0 bridgehead atoms. The Balaban J connectivity index is 2.51. The lowest BCUT2D eigenvalue weighted by Crippen LogP contribution is -2.24. The predicted molar refractivity (Wildman–Crippen MR) is 59.3 cm³/mol. The Bertz CT molecular complexity index is 511. The fourth-order valence-electron chi connectivity index (χ4n) is 1.47. The molecule has 0 aliphatic rings. The van der Waals surface area contributed by atoms with Gasteiger partial charge in [-0.25, -0.2) is 10.1 Å². The molecule has 0 aliphatic carbocycles. The van der Waals surface area contributed by atoms with Gasteiger partial charge in [0.25, 0.3) is 0 Å². The molecule has 15 heavy (non-hydrogen) atoms.